The molecular weight excluding hydrogens is 589 g/mol. The molecule has 1 amide bonds. The number of carbonyl (C=O) groups is 2. The molecule has 0 bridgehead atoms. The summed E-state index contributed by atoms with van der Waals surface area (Å²) in [7, 11) is 0. The molecule has 1 aromatic heterocycles. The zero-order chi connectivity index (χ0) is 29.1. The van der Waals surface area contributed by atoms with E-state index in [4.69, 9.17) is 33.0 Å². The first-order valence-electron chi connectivity index (χ1n) is 13.6. The molecule has 214 valence electrons. The monoisotopic (exact) mass is 610 g/mol. The van der Waals surface area contributed by atoms with Gasteiger partial charge in [0.1, 0.15) is 28.8 Å². The number of ether oxygens (including phenoxy) is 1. The molecule has 4 aliphatic rings. The van der Waals surface area contributed by atoms with Crippen molar-refractivity contribution in [1.29, 1.82) is 0 Å². The second-order valence-electron chi connectivity index (χ2n) is 11.4. The number of hydrogen-bond acceptors (Lipinski definition) is 5. The number of aromatic carboxylic acids is 1. The van der Waals surface area contributed by atoms with Gasteiger partial charge in [-0.15, -0.1) is 0 Å². The number of carbonyl (C=O) groups excluding carboxylic acids is 1. The fraction of sp³-hybridized carbons (Fsp3) is 0.300. The van der Waals surface area contributed by atoms with E-state index >= 15 is 4.39 Å². The molecule has 8 rings (SSSR count). The number of carboxylic acid groups (broad SMARTS) is 1. The SMILES string of the molecule is O=C(O)c1ccc2c3n(nc2c1)[C@@H]1[C@H](CO3)N(CC2CC2)[C@@]2(C(=O)Nc3cc(Cl)ccc32)[C@H]1c1ccc(F)c(Cl)c1F. The first-order valence-corrected chi connectivity index (χ1v) is 14.4. The van der Waals surface area contributed by atoms with Gasteiger partial charge in [0.05, 0.1) is 28.6 Å². The Balaban J connectivity index is 1.44. The van der Waals surface area contributed by atoms with Crippen LogP contribution < -0.4 is 10.1 Å². The van der Waals surface area contributed by atoms with Crippen molar-refractivity contribution in [2.24, 2.45) is 5.92 Å². The number of aromatic nitrogens is 2. The predicted molar refractivity (Wildman–Crippen MR) is 150 cm³/mol. The van der Waals surface area contributed by atoms with E-state index in [2.05, 4.69) is 10.2 Å². The van der Waals surface area contributed by atoms with E-state index in [0.29, 0.717) is 45.5 Å². The van der Waals surface area contributed by atoms with E-state index in [1.54, 1.807) is 28.9 Å². The minimum absolute atomic E-state index is 0.0571. The molecule has 4 heterocycles. The van der Waals surface area contributed by atoms with E-state index in [-0.39, 0.29) is 23.6 Å². The number of benzene rings is 3. The van der Waals surface area contributed by atoms with Crippen molar-refractivity contribution in [3.8, 4) is 5.88 Å². The second-order valence-corrected chi connectivity index (χ2v) is 12.2. The van der Waals surface area contributed by atoms with Crippen LogP contribution in [0, 0.1) is 17.6 Å². The molecule has 1 spiro atoms. The zero-order valence-electron chi connectivity index (χ0n) is 21.8. The summed E-state index contributed by atoms with van der Waals surface area (Å²) >= 11 is 12.5. The highest BCUT2D eigenvalue weighted by atomic mass is 35.5. The van der Waals surface area contributed by atoms with Crippen LogP contribution in [0.1, 0.15) is 46.3 Å². The highest BCUT2D eigenvalue weighted by molar-refractivity contribution is 6.31. The molecular formula is C30H22Cl2F2N4O4. The largest absolute Gasteiger partial charge is 0.478 e. The molecule has 8 nitrogen and oxygen atoms in total. The maximum atomic E-state index is 16.1. The molecule has 4 atom stereocenters. The molecule has 2 N–H and O–H groups in total. The summed E-state index contributed by atoms with van der Waals surface area (Å²) in [5, 5.41) is 17.7. The Hall–Kier alpha value is -3.73. The van der Waals surface area contributed by atoms with Gasteiger partial charge in [-0.3, -0.25) is 9.69 Å². The van der Waals surface area contributed by atoms with Gasteiger partial charge in [-0.05, 0) is 60.7 Å². The van der Waals surface area contributed by atoms with Crippen LogP contribution in [0.2, 0.25) is 10.0 Å². The van der Waals surface area contributed by atoms with Crippen molar-refractivity contribution in [3.05, 3.63) is 86.9 Å². The summed E-state index contributed by atoms with van der Waals surface area (Å²) in [4.78, 5) is 28.2. The van der Waals surface area contributed by atoms with E-state index in [1.807, 2.05) is 0 Å². The van der Waals surface area contributed by atoms with Crippen molar-refractivity contribution in [3.63, 3.8) is 0 Å². The molecule has 3 aliphatic heterocycles. The lowest BCUT2D eigenvalue weighted by Crippen LogP contribution is -2.54. The van der Waals surface area contributed by atoms with Gasteiger partial charge in [-0.2, -0.15) is 5.10 Å². The lowest BCUT2D eigenvalue weighted by molar-refractivity contribution is -0.128. The van der Waals surface area contributed by atoms with Crippen LogP contribution in [0.15, 0.2) is 48.5 Å². The van der Waals surface area contributed by atoms with Gasteiger partial charge >= 0.3 is 5.97 Å². The van der Waals surface area contributed by atoms with Gasteiger partial charge in [-0.25, -0.2) is 18.3 Å². The summed E-state index contributed by atoms with van der Waals surface area (Å²) in [6, 6.07) is 11.1. The van der Waals surface area contributed by atoms with Crippen molar-refractivity contribution < 1.29 is 28.2 Å². The molecule has 2 fully saturated rings. The molecule has 0 radical (unpaired) electrons. The van der Waals surface area contributed by atoms with Crippen molar-refractivity contribution >= 4 is 51.7 Å². The maximum absolute atomic E-state index is 16.1. The van der Waals surface area contributed by atoms with Crippen molar-refractivity contribution in [2.45, 2.75) is 36.4 Å². The van der Waals surface area contributed by atoms with Gasteiger partial charge in [0.15, 0.2) is 0 Å². The lowest BCUT2D eigenvalue weighted by atomic mass is 9.73. The Kier molecular flexibility index (Phi) is 5.49. The van der Waals surface area contributed by atoms with E-state index < -0.39 is 46.2 Å². The van der Waals surface area contributed by atoms with Crippen molar-refractivity contribution in [1.82, 2.24) is 14.7 Å². The first kappa shape index (κ1) is 25.9. The number of nitrogens with zero attached hydrogens (tertiary/aromatic N) is 3. The molecule has 1 saturated heterocycles. The van der Waals surface area contributed by atoms with Gasteiger partial charge < -0.3 is 15.2 Å². The Morgan fingerprint density at radius 1 is 1.14 bits per heavy atom. The molecule has 42 heavy (non-hydrogen) atoms. The maximum Gasteiger partial charge on any atom is 0.335 e. The van der Waals surface area contributed by atoms with Crippen LogP contribution in [0.5, 0.6) is 5.88 Å². The van der Waals surface area contributed by atoms with Crippen LogP contribution in [-0.2, 0) is 10.3 Å². The van der Waals surface area contributed by atoms with Crippen molar-refractivity contribution in [2.75, 3.05) is 18.5 Å². The number of carboxylic acids is 1. The Labute approximate surface area is 247 Å². The number of likely N-dealkylation sites (tertiary alicyclic amines) is 1. The predicted octanol–water partition coefficient (Wildman–Crippen LogP) is 5.98. The highest BCUT2D eigenvalue weighted by Crippen LogP contribution is 2.63. The zero-order valence-corrected chi connectivity index (χ0v) is 23.3. The van der Waals surface area contributed by atoms with Crippen LogP contribution in [0.25, 0.3) is 10.9 Å². The first-order chi connectivity index (χ1) is 20.2. The lowest BCUT2D eigenvalue weighted by Gasteiger charge is -2.39. The Bertz CT molecular complexity index is 1860. The van der Waals surface area contributed by atoms with E-state index in [0.717, 1.165) is 18.9 Å². The van der Waals surface area contributed by atoms with Gasteiger partial charge in [-0.1, -0.05) is 35.3 Å². The van der Waals surface area contributed by atoms with E-state index in [9.17, 15) is 19.1 Å². The van der Waals surface area contributed by atoms with E-state index in [1.165, 1.54) is 18.2 Å². The average molecular weight is 611 g/mol. The Morgan fingerprint density at radius 2 is 1.95 bits per heavy atom. The third-order valence-corrected chi connectivity index (χ3v) is 9.73. The fourth-order valence-electron chi connectivity index (χ4n) is 7.24. The normalized spacial score (nSPS) is 26.2. The number of fused-ring (bicyclic) bond motifs is 7. The standard InChI is InChI=1S/C30H22Cl2F2N4O4/c31-15-4-7-18-21(10-15)35-29(41)30(18)23(17-6-8-19(33)24(32)25(17)34)26-22(37(30)11-13-1-2-13)12-42-27-16-5-3-14(28(39)40)9-20(16)36-38(26)27/h3-10,13,22-23,26H,1-2,11-12H2,(H,35,41)(H,39,40)/t22-,23-,26+,30+/m0/s1. The fourth-order valence-corrected chi connectivity index (χ4v) is 7.59. The number of rotatable bonds is 4. The van der Waals surface area contributed by atoms with Gasteiger partial charge in [0.25, 0.3) is 0 Å². The van der Waals surface area contributed by atoms with Crippen LogP contribution in [0.3, 0.4) is 0 Å². The Morgan fingerprint density at radius 3 is 2.71 bits per heavy atom. The number of nitrogens with one attached hydrogen (secondary N) is 1. The molecule has 12 heteroatoms. The number of hydrogen-bond donors (Lipinski definition) is 2. The van der Waals surface area contributed by atoms with Crippen LogP contribution in [-0.4, -0.2) is 50.9 Å². The number of halogens is 4. The minimum Gasteiger partial charge on any atom is -0.478 e. The topological polar surface area (TPSA) is 96.7 Å². The summed E-state index contributed by atoms with van der Waals surface area (Å²) in [6.07, 6.45) is 1.99. The molecule has 1 saturated carbocycles. The van der Waals surface area contributed by atoms with Crippen LogP contribution in [0.4, 0.5) is 14.5 Å². The van der Waals surface area contributed by atoms with Crippen LogP contribution >= 0.6 is 23.2 Å². The number of amides is 1. The third kappa shape index (κ3) is 3.40. The third-order valence-electron chi connectivity index (χ3n) is 9.15. The summed E-state index contributed by atoms with van der Waals surface area (Å²) in [6.45, 7) is 0.718. The quantitative estimate of drug-likeness (QED) is 0.276. The molecule has 0 unspecified atom stereocenters. The summed E-state index contributed by atoms with van der Waals surface area (Å²) < 4.78 is 38.6. The molecule has 4 aromatic rings. The average Bonchev–Trinajstić information content (AvgIpc) is 3.55. The smallest absolute Gasteiger partial charge is 0.335 e. The highest BCUT2D eigenvalue weighted by Gasteiger charge is 2.69. The molecule has 3 aromatic carbocycles. The summed E-state index contributed by atoms with van der Waals surface area (Å²) in [5.41, 5.74) is 0.244. The molecule has 1 aliphatic carbocycles. The minimum atomic E-state index is -1.42. The van der Waals surface area contributed by atoms with Gasteiger partial charge in [0.2, 0.25) is 11.8 Å². The second kappa shape index (κ2) is 8.89. The summed E-state index contributed by atoms with van der Waals surface area (Å²) in [5.74, 6) is -3.50. The van der Waals surface area contributed by atoms with Gasteiger partial charge in [0, 0.05) is 28.7 Å². The number of anilines is 1.